The number of amides is 3. The van der Waals surface area contributed by atoms with Crippen LogP contribution in [0, 0.1) is 0 Å². The van der Waals surface area contributed by atoms with Gasteiger partial charge in [0.1, 0.15) is 17.9 Å². The average molecular weight is 596 g/mol. The molecule has 5 aliphatic heterocycles. The second kappa shape index (κ2) is 10.6. The number of hydrogen-bond acceptors (Lipinski definition) is 8. The molecule has 10 heteroatoms. The number of rotatable bonds is 6. The minimum absolute atomic E-state index is 0.0374. The SMILES string of the molecule is CN1CC2(C[C@@H](c3ccc4cc(CN5CC[C@H](Oc6ccc7c(c6)CN([C@H]6CCC(=O)NC6=O)C7=O)C5)ccc4n3)CO2)C1. The summed E-state index contributed by atoms with van der Waals surface area (Å²) in [4.78, 5) is 48.2. The number of aromatic nitrogens is 1. The largest absolute Gasteiger partial charge is 0.489 e. The molecule has 6 heterocycles. The number of likely N-dealkylation sites (N-methyl/N-ethyl adjacent to an activating group) is 1. The van der Waals surface area contributed by atoms with Gasteiger partial charge in [-0.15, -0.1) is 0 Å². The number of benzene rings is 2. The molecule has 2 aromatic carbocycles. The Labute approximate surface area is 256 Å². The normalized spacial score (nSPS) is 26.8. The summed E-state index contributed by atoms with van der Waals surface area (Å²) in [6.45, 7) is 5.76. The highest BCUT2D eigenvalue weighted by Crippen LogP contribution is 2.41. The Morgan fingerprint density at radius 2 is 1.95 bits per heavy atom. The van der Waals surface area contributed by atoms with Crippen molar-refractivity contribution >= 4 is 28.6 Å². The van der Waals surface area contributed by atoms with Gasteiger partial charge in [-0.25, -0.2) is 0 Å². The number of imide groups is 1. The molecule has 3 amide bonds. The van der Waals surface area contributed by atoms with Crippen LogP contribution in [-0.4, -0.2) is 95.0 Å². The summed E-state index contributed by atoms with van der Waals surface area (Å²) in [5, 5.41) is 3.51. The molecule has 4 saturated heterocycles. The zero-order valence-corrected chi connectivity index (χ0v) is 25.0. The summed E-state index contributed by atoms with van der Waals surface area (Å²) in [5.74, 6) is 0.256. The molecule has 1 spiro atoms. The number of nitrogens with one attached hydrogen (secondary N) is 1. The van der Waals surface area contributed by atoms with Crippen molar-refractivity contribution in [3.05, 3.63) is 70.9 Å². The van der Waals surface area contributed by atoms with Crippen molar-refractivity contribution in [3.8, 4) is 5.75 Å². The van der Waals surface area contributed by atoms with E-state index in [0.29, 0.717) is 24.4 Å². The lowest BCUT2D eigenvalue weighted by atomic mass is 9.86. The number of ether oxygens (including phenoxy) is 2. The molecule has 0 radical (unpaired) electrons. The van der Waals surface area contributed by atoms with Crippen LogP contribution < -0.4 is 10.1 Å². The van der Waals surface area contributed by atoms with Crippen molar-refractivity contribution in [2.75, 3.05) is 39.8 Å². The Hall–Kier alpha value is -3.86. The first-order valence-electron chi connectivity index (χ1n) is 15.7. The van der Waals surface area contributed by atoms with E-state index in [9.17, 15) is 14.4 Å². The average Bonchev–Trinajstić information content (AvgIpc) is 3.71. The van der Waals surface area contributed by atoms with E-state index in [0.717, 1.165) is 80.1 Å². The summed E-state index contributed by atoms with van der Waals surface area (Å²) in [6, 6.07) is 15.9. The van der Waals surface area contributed by atoms with Gasteiger partial charge in [0, 0.05) is 68.3 Å². The van der Waals surface area contributed by atoms with E-state index in [1.807, 2.05) is 12.1 Å². The third-order valence-electron chi connectivity index (χ3n) is 9.95. The van der Waals surface area contributed by atoms with Crippen LogP contribution in [0.4, 0.5) is 0 Å². The summed E-state index contributed by atoms with van der Waals surface area (Å²) in [7, 11) is 2.14. The quantitative estimate of drug-likeness (QED) is 0.434. The number of carbonyl (C=O) groups is 3. The molecule has 10 nitrogen and oxygen atoms in total. The molecule has 8 rings (SSSR count). The minimum Gasteiger partial charge on any atom is -0.489 e. The Morgan fingerprint density at radius 1 is 1.07 bits per heavy atom. The first kappa shape index (κ1) is 27.7. The number of likely N-dealkylation sites (tertiary alicyclic amines) is 2. The van der Waals surface area contributed by atoms with Gasteiger partial charge in [-0.1, -0.05) is 12.1 Å². The van der Waals surface area contributed by atoms with E-state index in [2.05, 4.69) is 52.5 Å². The summed E-state index contributed by atoms with van der Waals surface area (Å²) >= 11 is 0. The molecule has 4 fully saturated rings. The lowest BCUT2D eigenvalue weighted by molar-refractivity contribution is -0.136. The van der Waals surface area contributed by atoms with Gasteiger partial charge in [-0.3, -0.25) is 29.6 Å². The van der Waals surface area contributed by atoms with E-state index in [-0.39, 0.29) is 29.9 Å². The number of hydrogen-bond donors (Lipinski definition) is 1. The number of pyridine rings is 1. The van der Waals surface area contributed by atoms with E-state index in [1.54, 1.807) is 11.0 Å². The molecule has 0 saturated carbocycles. The predicted molar refractivity (Wildman–Crippen MR) is 162 cm³/mol. The maximum absolute atomic E-state index is 13.0. The molecule has 44 heavy (non-hydrogen) atoms. The van der Waals surface area contributed by atoms with E-state index in [4.69, 9.17) is 14.5 Å². The standard InChI is InChI=1S/C34H37N5O5/c1-37-19-34(20-37)14-24(18-43-34)29-7-3-22-12-21(2-6-28(22)35-29)15-38-11-10-26(17-38)44-25-4-5-27-23(13-25)16-39(33(27)42)30-8-9-31(40)36-32(30)41/h2-7,12-13,24,26,30H,8-11,14-20H2,1H3,(H,36,40,41)/t24-,26+,30+/m1/s1. The molecular weight excluding hydrogens is 558 g/mol. The van der Waals surface area contributed by atoms with Gasteiger partial charge in [0.25, 0.3) is 5.91 Å². The Balaban J connectivity index is 0.871. The van der Waals surface area contributed by atoms with Gasteiger partial charge >= 0.3 is 0 Å². The van der Waals surface area contributed by atoms with Crippen LogP contribution in [0.5, 0.6) is 5.75 Å². The molecule has 1 aromatic heterocycles. The topological polar surface area (TPSA) is 104 Å². The highest BCUT2D eigenvalue weighted by Gasteiger charge is 2.48. The molecule has 0 aliphatic carbocycles. The van der Waals surface area contributed by atoms with Crippen LogP contribution in [0.25, 0.3) is 10.9 Å². The van der Waals surface area contributed by atoms with Crippen molar-refractivity contribution in [1.29, 1.82) is 0 Å². The van der Waals surface area contributed by atoms with Crippen LogP contribution in [0.15, 0.2) is 48.5 Å². The van der Waals surface area contributed by atoms with Crippen LogP contribution in [0.1, 0.15) is 58.8 Å². The summed E-state index contributed by atoms with van der Waals surface area (Å²) in [5.41, 5.74) is 4.92. The van der Waals surface area contributed by atoms with Crippen LogP contribution in [0.3, 0.4) is 0 Å². The lowest BCUT2D eigenvalue weighted by Crippen LogP contribution is -2.59. The first-order chi connectivity index (χ1) is 21.3. The van der Waals surface area contributed by atoms with Crippen LogP contribution in [0.2, 0.25) is 0 Å². The molecule has 5 aliphatic rings. The Kier molecular flexibility index (Phi) is 6.69. The zero-order valence-electron chi connectivity index (χ0n) is 25.0. The summed E-state index contributed by atoms with van der Waals surface area (Å²) in [6.07, 6.45) is 2.65. The highest BCUT2D eigenvalue weighted by molar-refractivity contribution is 6.05. The molecule has 3 atom stereocenters. The molecular formula is C34H37N5O5. The minimum atomic E-state index is -0.614. The van der Waals surface area contributed by atoms with Gasteiger partial charge in [0.2, 0.25) is 11.8 Å². The number of fused-ring (bicyclic) bond motifs is 2. The van der Waals surface area contributed by atoms with Crippen molar-refractivity contribution < 1.29 is 23.9 Å². The zero-order chi connectivity index (χ0) is 30.0. The van der Waals surface area contributed by atoms with E-state index < -0.39 is 11.9 Å². The van der Waals surface area contributed by atoms with Crippen molar-refractivity contribution in [2.45, 2.75) is 62.4 Å². The predicted octanol–water partition coefficient (Wildman–Crippen LogP) is 2.84. The number of piperidine rings is 1. The second-order valence-corrected chi connectivity index (χ2v) is 13.3. The molecule has 1 N–H and O–H groups in total. The van der Waals surface area contributed by atoms with Gasteiger partial charge in [-0.2, -0.15) is 0 Å². The molecule has 0 bridgehead atoms. The third-order valence-corrected chi connectivity index (χ3v) is 9.95. The maximum Gasteiger partial charge on any atom is 0.255 e. The van der Waals surface area contributed by atoms with Gasteiger partial charge in [-0.05, 0) is 73.8 Å². The smallest absolute Gasteiger partial charge is 0.255 e. The Morgan fingerprint density at radius 3 is 2.80 bits per heavy atom. The monoisotopic (exact) mass is 595 g/mol. The van der Waals surface area contributed by atoms with Gasteiger partial charge < -0.3 is 19.3 Å². The highest BCUT2D eigenvalue weighted by atomic mass is 16.5. The summed E-state index contributed by atoms with van der Waals surface area (Å²) < 4.78 is 12.6. The molecule has 228 valence electrons. The van der Waals surface area contributed by atoms with Gasteiger partial charge in [0.15, 0.2) is 0 Å². The van der Waals surface area contributed by atoms with Crippen LogP contribution in [-0.2, 0) is 27.4 Å². The van der Waals surface area contributed by atoms with Gasteiger partial charge in [0.05, 0.1) is 17.7 Å². The van der Waals surface area contributed by atoms with E-state index >= 15 is 0 Å². The van der Waals surface area contributed by atoms with Crippen LogP contribution >= 0.6 is 0 Å². The second-order valence-electron chi connectivity index (χ2n) is 13.3. The van der Waals surface area contributed by atoms with Crippen molar-refractivity contribution in [2.24, 2.45) is 0 Å². The number of nitrogens with zero attached hydrogens (tertiary/aromatic N) is 4. The number of carbonyl (C=O) groups excluding carboxylic acids is 3. The fraction of sp³-hybridized carbons (Fsp3) is 0.471. The fourth-order valence-corrected chi connectivity index (χ4v) is 7.82. The maximum atomic E-state index is 13.0. The third kappa shape index (κ3) is 5.04. The molecule has 0 unspecified atom stereocenters. The Bertz CT molecular complexity index is 1670. The van der Waals surface area contributed by atoms with E-state index in [1.165, 1.54) is 5.56 Å². The fourth-order valence-electron chi connectivity index (χ4n) is 7.82. The van der Waals surface area contributed by atoms with Crippen molar-refractivity contribution in [3.63, 3.8) is 0 Å². The van der Waals surface area contributed by atoms with Crippen molar-refractivity contribution in [1.82, 2.24) is 25.0 Å². The lowest BCUT2D eigenvalue weighted by Gasteiger charge is -2.45. The first-order valence-corrected chi connectivity index (χ1v) is 15.7. The molecule has 3 aromatic rings.